The summed E-state index contributed by atoms with van der Waals surface area (Å²) in [6, 6.07) is 13.2. The van der Waals surface area contributed by atoms with Crippen LogP contribution in [0, 0.1) is 0 Å². The minimum atomic E-state index is -0.728. The zero-order chi connectivity index (χ0) is 20.1. The summed E-state index contributed by atoms with van der Waals surface area (Å²) in [4.78, 5) is 40.0. The van der Waals surface area contributed by atoms with Gasteiger partial charge in [0.1, 0.15) is 17.1 Å². The molecule has 0 bridgehead atoms. The highest BCUT2D eigenvalue weighted by molar-refractivity contribution is 6.03. The molecule has 0 fully saturated rings. The molecule has 2 N–H and O–H groups in total. The number of benzene rings is 2. The van der Waals surface area contributed by atoms with E-state index in [-0.39, 0.29) is 5.56 Å². The fourth-order valence-corrected chi connectivity index (χ4v) is 2.63. The SMILES string of the molecule is CCOc1ccc(-n2c(=O)[nH]cc(C(=O)Nc3cccc(OC)c3)c2=O)cc1. The molecule has 3 rings (SSSR count). The predicted octanol–water partition coefficient (Wildman–Crippen LogP) is 2.19. The minimum absolute atomic E-state index is 0.198. The van der Waals surface area contributed by atoms with Gasteiger partial charge in [-0.05, 0) is 43.3 Å². The first-order valence-electron chi connectivity index (χ1n) is 8.57. The molecule has 1 aromatic heterocycles. The Hall–Kier alpha value is -3.81. The molecule has 0 saturated carbocycles. The Morgan fingerprint density at radius 3 is 2.54 bits per heavy atom. The minimum Gasteiger partial charge on any atom is -0.497 e. The maximum Gasteiger partial charge on any atom is 0.333 e. The van der Waals surface area contributed by atoms with Crippen molar-refractivity contribution in [2.45, 2.75) is 6.92 Å². The number of methoxy groups -OCH3 is 1. The second kappa shape index (κ2) is 8.26. The summed E-state index contributed by atoms with van der Waals surface area (Å²) < 4.78 is 11.4. The number of amides is 1. The van der Waals surface area contributed by atoms with Gasteiger partial charge >= 0.3 is 5.69 Å². The third kappa shape index (κ3) is 3.96. The lowest BCUT2D eigenvalue weighted by Crippen LogP contribution is -2.38. The lowest BCUT2D eigenvalue weighted by Gasteiger charge is -2.09. The highest BCUT2D eigenvalue weighted by Crippen LogP contribution is 2.17. The van der Waals surface area contributed by atoms with Crippen LogP contribution >= 0.6 is 0 Å². The molecule has 8 nitrogen and oxygen atoms in total. The Bertz CT molecular complexity index is 1100. The van der Waals surface area contributed by atoms with Crippen molar-refractivity contribution in [3.8, 4) is 17.2 Å². The van der Waals surface area contributed by atoms with Crippen molar-refractivity contribution in [1.29, 1.82) is 0 Å². The van der Waals surface area contributed by atoms with Gasteiger partial charge in [0.2, 0.25) is 0 Å². The number of carbonyl (C=O) groups is 1. The highest BCUT2D eigenvalue weighted by Gasteiger charge is 2.16. The number of hydrogen-bond donors (Lipinski definition) is 2. The lowest BCUT2D eigenvalue weighted by molar-refractivity contribution is 0.102. The van der Waals surface area contributed by atoms with Crippen LogP contribution in [0.15, 0.2) is 64.3 Å². The summed E-state index contributed by atoms with van der Waals surface area (Å²) in [5.74, 6) is 0.530. The second-order valence-corrected chi connectivity index (χ2v) is 5.76. The maximum atomic E-state index is 12.8. The molecule has 1 heterocycles. The monoisotopic (exact) mass is 381 g/mol. The average molecular weight is 381 g/mol. The average Bonchev–Trinajstić information content (AvgIpc) is 2.69. The number of rotatable bonds is 6. The number of aromatic nitrogens is 2. The topological polar surface area (TPSA) is 102 Å². The van der Waals surface area contributed by atoms with Crippen molar-refractivity contribution >= 4 is 11.6 Å². The van der Waals surface area contributed by atoms with E-state index in [9.17, 15) is 14.4 Å². The zero-order valence-corrected chi connectivity index (χ0v) is 15.4. The smallest absolute Gasteiger partial charge is 0.333 e. The Labute approximate surface area is 160 Å². The van der Waals surface area contributed by atoms with Crippen molar-refractivity contribution in [3.05, 3.63) is 81.1 Å². The molecule has 0 aliphatic heterocycles. The first-order valence-corrected chi connectivity index (χ1v) is 8.57. The van der Waals surface area contributed by atoms with E-state index < -0.39 is 17.2 Å². The summed E-state index contributed by atoms with van der Waals surface area (Å²) in [6.07, 6.45) is 1.10. The van der Waals surface area contributed by atoms with E-state index in [2.05, 4.69) is 10.3 Å². The number of aromatic amines is 1. The number of H-pyrrole nitrogens is 1. The van der Waals surface area contributed by atoms with Crippen LogP contribution in [-0.2, 0) is 0 Å². The van der Waals surface area contributed by atoms with Crippen LogP contribution in [0.1, 0.15) is 17.3 Å². The number of ether oxygens (including phenoxy) is 2. The molecule has 0 atom stereocenters. The van der Waals surface area contributed by atoms with Gasteiger partial charge in [0.15, 0.2) is 0 Å². The third-order valence-corrected chi connectivity index (χ3v) is 3.95. The van der Waals surface area contributed by atoms with Crippen LogP contribution in [0.5, 0.6) is 11.5 Å². The van der Waals surface area contributed by atoms with Gasteiger partial charge in [-0.15, -0.1) is 0 Å². The van der Waals surface area contributed by atoms with Gasteiger partial charge in [-0.2, -0.15) is 0 Å². The molecule has 0 aliphatic rings. The molecule has 8 heteroatoms. The van der Waals surface area contributed by atoms with E-state index >= 15 is 0 Å². The molecule has 1 amide bonds. The first-order chi connectivity index (χ1) is 13.5. The molecule has 0 unspecified atom stereocenters. The van der Waals surface area contributed by atoms with Crippen LogP contribution in [-0.4, -0.2) is 29.2 Å². The quantitative estimate of drug-likeness (QED) is 0.681. The Morgan fingerprint density at radius 1 is 1.11 bits per heavy atom. The highest BCUT2D eigenvalue weighted by atomic mass is 16.5. The number of nitrogens with zero attached hydrogens (tertiary/aromatic N) is 1. The molecule has 28 heavy (non-hydrogen) atoms. The van der Waals surface area contributed by atoms with E-state index in [1.807, 2.05) is 6.92 Å². The van der Waals surface area contributed by atoms with Crippen LogP contribution in [0.25, 0.3) is 5.69 Å². The van der Waals surface area contributed by atoms with Gasteiger partial charge in [-0.25, -0.2) is 9.36 Å². The van der Waals surface area contributed by atoms with Crippen molar-refractivity contribution in [1.82, 2.24) is 9.55 Å². The van der Waals surface area contributed by atoms with Crippen LogP contribution in [0.3, 0.4) is 0 Å². The van der Waals surface area contributed by atoms with Gasteiger partial charge in [0.05, 0.1) is 19.4 Å². The van der Waals surface area contributed by atoms with Gasteiger partial charge < -0.3 is 19.8 Å². The van der Waals surface area contributed by atoms with Crippen molar-refractivity contribution in [3.63, 3.8) is 0 Å². The summed E-state index contributed by atoms with van der Waals surface area (Å²) >= 11 is 0. The lowest BCUT2D eigenvalue weighted by atomic mass is 10.2. The number of nitrogens with one attached hydrogen (secondary N) is 2. The van der Waals surface area contributed by atoms with Crippen molar-refractivity contribution < 1.29 is 14.3 Å². The summed E-state index contributed by atoms with van der Waals surface area (Å²) in [5.41, 5.74) is -0.787. The van der Waals surface area contributed by atoms with Crippen LogP contribution in [0.4, 0.5) is 5.69 Å². The first kappa shape index (κ1) is 19.0. The molecule has 0 spiro atoms. The largest absolute Gasteiger partial charge is 0.497 e. The maximum absolute atomic E-state index is 12.8. The summed E-state index contributed by atoms with van der Waals surface area (Å²) in [6.45, 7) is 2.35. The summed E-state index contributed by atoms with van der Waals surface area (Å²) in [7, 11) is 1.51. The van der Waals surface area contributed by atoms with E-state index in [0.717, 1.165) is 10.8 Å². The van der Waals surface area contributed by atoms with Gasteiger partial charge in [-0.1, -0.05) is 6.07 Å². The molecular weight excluding hydrogens is 362 g/mol. The van der Waals surface area contributed by atoms with E-state index in [0.29, 0.717) is 29.5 Å². The Kier molecular flexibility index (Phi) is 5.59. The summed E-state index contributed by atoms with van der Waals surface area (Å²) in [5, 5.41) is 2.62. The number of carbonyl (C=O) groups excluding carboxylic acids is 1. The van der Waals surface area contributed by atoms with Gasteiger partial charge in [0.25, 0.3) is 11.5 Å². The third-order valence-electron chi connectivity index (χ3n) is 3.95. The van der Waals surface area contributed by atoms with E-state index in [1.165, 1.54) is 7.11 Å². The molecular formula is C20H19N3O5. The number of hydrogen-bond acceptors (Lipinski definition) is 5. The molecule has 2 aromatic carbocycles. The van der Waals surface area contributed by atoms with Gasteiger partial charge in [-0.3, -0.25) is 9.59 Å². The molecule has 0 radical (unpaired) electrons. The predicted molar refractivity (Wildman–Crippen MR) is 105 cm³/mol. The normalized spacial score (nSPS) is 10.4. The Morgan fingerprint density at radius 2 is 1.86 bits per heavy atom. The van der Waals surface area contributed by atoms with Crippen LogP contribution < -0.4 is 26.0 Å². The molecule has 3 aromatic rings. The molecule has 0 saturated heterocycles. The molecule has 144 valence electrons. The van der Waals surface area contributed by atoms with Gasteiger partial charge in [0, 0.05) is 18.0 Å². The Balaban J connectivity index is 1.95. The van der Waals surface area contributed by atoms with Crippen molar-refractivity contribution in [2.24, 2.45) is 0 Å². The second-order valence-electron chi connectivity index (χ2n) is 5.76. The van der Waals surface area contributed by atoms with Crippen LogP contribution in [0.2, 0.25) is 0 Å². The van der Waals surface area contributed by atoms with E-state index in [1.54, 1.807) is 48.5 Å². The van der Waals surface area contributed by atoms with E-state index in [4.69, 9.17) is 9.47 Å². The standard InChI is InChI=1S/C20H19N3O5/c1-3-28-15-9-7-14(8-10-15)23-19(25)17(12-21-20(23)26)18(24)22-13-5-4-6-16(11-13)27-2/h4-12H,3H2,1-2H3,(H,21,26)(H,22,24). The fraction of sp³-hybridized carbons (Fsp3) is 0.150. The zero-order valence-electron chi connectivity index (χ0n) is 15.4. The fourth-order valence-electron chi connectivity index (χ4n) is 2.63. The molecule has 0 aliphatic carbocycles. The number of anilines is 1. The van der Waals surface area contributed by atoms with Crippen molar-refractivity contribution in [2.75, 3.05) is 19.0 Å².